The topological polar surface area (TPSA) is 69.6 Å². The summed E-state index contributed by atoms with van der Waals surface area (Å²) in [5.74, 6) is -0.0631. The number of nitrogens with zero attached hydrogens (tertiary/aromatic N) is 1. The third-order valence-corrected chi connectivity index (χ3v) is 4.53. The van der Waals surface area contributed by atoms with Crippen molar-refractivity contribution in [3.63, 3.8) is 0 Å². The van der Waals surface area contributed by atoms with Crippen LogP contribution in [-0.4, -0.2) is 35.7 Å². The summed E-state index contributed by atoms with van der Waals surface area (Å²) in [4.78, 5) is 23.7. The second kappa shape index (κ2) is 6.19. The van der Waals surface area contributed by atoms with Gasteiger partial charge in [0.15, 0.2) is 0 Å². The number of cyclic esters (lactones) is 1. The molecule has 0 bridgehead atoms. The first-order valence-corrected chi connectivity index (χ1v) is 8.03. The quantitative estimate of drug-likeness (QED) is 0.853. The highest BCUT2D eigenvalue weighted by molar-refractivity contribution is 5.87. The second-order valence-electron chi connectivity index (χ2n) is 6.56. The number of carbonyl (C=O) groups excluding carboxylic acids is 2. The minimum absolute atomic E-state index is 0.135. The molecule has 1 aromatic heterocycles. The summed E-state index contributed by atoms with van der Waals surface area (Å²) in [6.45, 7) is 4.70. The van der Waals surface area contributed by atoms with Crippen molar-refractivity contribution in [1.29, 1.82) is 0 Å². The molecule has 1 atom stereocenters. The van der Waals surface area contributed by atoms with E-state index in [0.29, 0.717) is 13.1 Å². The van der Waals surface area contributed by atoms with Crippen LogP contribution in [0.2, 0.25) is 0 Å². The number of rotatable bonds is 5. The summed E-state index contributed by atoms with van der Waals surface area (Å²) in [6, 6.07) is 7.92. The van der Waals surface area contributed by atoms with Gasteiger partial charge in [-0.05, 0) is 38.1 Å². The number of amides is 1. The first-order valence-electron chi connectivity index (χ1n) is 8.03. The van der Waals surface area contributed by atoms with Crippen LogP contribution in [0, 0.1) is 5.92 Å². The highest BCUT2D eigenvalue weighted by Crippen LogP contribution is 2.32. The summed E-state index contributed by atoms with van der Waals surface area (Å²) >= 11 is 0. The number of methoxy groups -OCH3 is 1. The van der Waals surface area contributed by atoms with Crippen molar-refractivity contribution in [2.24, 2.45) is 5.92 Å². The number of fused-ring (bicyclic) bond motifs is 1. The molecule has 0 spiro atoms. The number of ether oxygens (including phenoxy) is 2. The number of aromatic nitrogens is 1. The van der Waals surface area contributed by atoms with Crippen LogP contribution in [-0.2, 0) is 20.9 Å². The van der Waals surface area contributed by atoms with E-state index in [4.69, 9.17) is 9.47 Å². The zero-order valence-corrected chi connectivity index (χ0v) is 14.2. The van der Waals surface area contributed by atoms with Crippen molar-refractivity contribution in [1.82, 2.24) is 9.88 Å². The van der Waals surface area contributed by atoms with E-state index in [1.54, 1.807) is 21.0 Å². The van der Waals surface area contributed by atoms with Gasteiger partial charge in [-0.1, -0.05) is 0 Å². The Morgan fingerprint density at radius 2 is 2.21 bits per heavy atom. The first kappa shape index (κ1) is 16.4. The maximum Gasteiger partial charge on any atom is 0.307 e. The van der Waals surface area contributed by atoms with Gasteiger partial charge in [-0.25, -0.2) is 0 Å². The standard InChI is InChI=1S/C18H22N2O4/c1-18(2)14(11-16(21)24-18)17(22)19-7-9-20-8-6-12-10-13(23-3)4-5-15(12)20/h4-6,8,10,14H,7,9,11H2,1-3H3,(H,19,22). The molecule has 6 nitrogen and oxygen atoms in total. The first-order chi connectivity index (χ1) is 11.4. The van der Waals surface area contributed by atoms with Crippen LogP contribution in [0.5, 0.6) is 5.75 Å². The van der Waals surface area contributed by atoms with Gasteiger partial charge in [0.05, 0.1) is 19.4 Å². The molecular formula is C18H22N2O4. The number of hydrogen-bond acceptors (Lipinski definition) is 4. The fourth-order valence-corrected chi connectivity index (χ4v) is 3.15. The Morgan fingerprint density at radius 1 is 1.42 bits per heavy atom. The average Bonchev–Trinajstić information content (AvgIpc) is 3.06. The van der Waals surface area contributed by atoms with Gasteiger partial charge in [0, 0.05) is 30.2 Å². The Bertz CT molecular complexity index is 778. The van der Waals surface area contributed by atoms with Crippen molar-refractivity contribution < 1.29 is 19.1 Å². The van der Waals surface area contributed by atoms with Crippen LogP contribution in [0.3, 0.4) is 0 Å². The number of esters is 1. The summed E-state index contributed by atoms with van der Waals surface area (Å²) < 4.78 is 12.5. The maximum atomic E-state index is 12.3. The molecule has 6 heteroatoms. The highest BCUT2D eigenvalue weighted by atomic mass is 16.6. The Balaban J connectivity index is 1.61. The predicted molar refractivity (Wildman–Crippen MR) is 89.8 cm³/mol. The smallest absolute Gasteiger partial charge is 0.307 e. The van der Waals surface area contributed by atoms with E-state index in [0.717, 1.165) is 16.7 Å². The molecule has 1 fully saturated rings. The van der Waals surface area contributed by atoms with Crippen LogP contribution in [0.1, 0.15) is 20.3 Å². The van der Waals surface area contributed by atoms with Gasteiger partial charge in [0.25, 0.3) is 0 Å². The van der Waals surface area contributed by atoms with Crippen molar-refractivity contribution in [2.45, 2.75) is 32.4 Å². The average molecular weight is 330 g/mol. The van der Waals surface area contributed by atoms with Crippen molar-refractivity contribution >= 4 is 22.8 Å². The third-order valence-electron chi connectivity index (χ3n) is 4.53. The molecule has 1 aromatic carbocycles. The largest absolute Gasteiger partial charge is 0.497 e. The minimum Gasteiger partial charge on any atom is -0.497 e. The second-order valence-corrected chi connectivity index (χ2v) is 6.56. The molecule has 0 aliphatic carbocycles. The fraction of sp³-hybridized carbons (Fsp3) is 0.444. The van der Waals surface area contributed by atoms with Gasteiger partial charge in [-0.15, -0.1) is 0 Å². The lowest BCUT2D eigenvalue weighted by Crippen LogP contribution is -2.41. The summed E-state index contributed by atoms with van der Waals surface area (Å²) in [6.07, 6.45) is 2.13. The van der Waals surface area contributed by atoms with Crippen molar-refractivity contribution in [3.8, 4) is 5.75 Å². The number of nitrogens with one attached hydrogen (secondary N) is 1. The van der Waals surface area contributed by atoms with E-state index in [1.807, 2.05) is 30.5 Å². The molecule has 0 saturated carbocycles. The fourth-order valence-electron chi connectivity index (χ4n) is 3.15. The van der Waals surface area contributed by atoms with Gasteiger partial charge in [-0.3, -0.25) is 9.59 Å². The normalized spacial score (nSPS) is 19.3. The molecule has 1 aliphatic rings. The van der Waals surface area contributed by atoms with Crippen molar-refractivity contribution in [3.05, 3.63) is 30.5 Å². The molecule has 1 N–H and O–H groups in total. The zero-order valence-electron chi connectivity index (χ0n) is 14.2. The van der Waals surface area contributed by atoms with E-state index >= 15 is 0 Å². The molecular weight excluding hydrogens is 308 g/mol. The van der Waals surface area contributed by atoms with Gasteiger partial charge in [0.2, 0.25) is 5.91 Å². The number of carbonyl (C=O) groups is 2. The van der Waals surface area contributed by atoms with Crippen LogP contribution in [0.4, 0.5) is 0 Å². The van der Waals surface area contributed by atoms with E-state index < -0.39 is 11.5 Å². The van der Waals surface area contributed by atoms with Gasteiger partial charge in [-0.2, -0.15) is 0 Å². The molecule has 128 valence electrons. The SMILES string of the molecule is COc1ccc2c(ccn2CCNC(=O)C2CC(=O)OC2(C)C)c1. The minimum atomic E-state index is -0.738. The molecule has 2 aromatic rings. The Kier molecular flexibility index (Phi) is 4.22. The van der Waals surface area contributed by atoms with Crippen molar-refractivity contribution in [2.75, 3.05) is 13.7 Å². The molecule has 1 unspecified atom stereocenters. The molecule has 3 rings (SSSR count). The molecule has 1 amide bonds. The van der Waals surface area contributed by atoms with E-state index in [9.17, 15) is 9.59 Å². The lowest BCUT2D eigenvalue weighted by atomic mass is 9.90. The Hall–Kier alpha value is -2.50. The van der Waals surface area contributed by atoms with E-state index in [2.05, 4.69) is 9.88 Å². The van der Waals surface area contributed by atoms with Crippen LogP contribution < -0.4 is 10.1 Å². The highest BCUT2D eigenvalue weighted by Gasteiger charge is 2.45. The maximum absolute atomic E-state index is 12.3. The summed E-state index contributed by atoms with van der Waals surface area (Å²) in [7, 11) is 1.65. The third kappa shape index (κ3) is 3.09. The van der Waals surface area contributed by atoms with Gasteiger partial charge < -0.3 is 19.4 Å². The Morgan fingerprint density at radius 3 is 2.88 bits per heavy atom. The van der Waals surface area contributed by atoms with Gasteiger partial charge >= 0.3 is 5.97 Å². The van der Waals surface area contributed by atoms with Crippen LogP contribution >= 0.6 is 0 Å². The monoisotopic (exact) mass is 330 g/mol. The lowest BCUT2D eigenvalue weighted by molar-refractivity contribution is -0.147. The number of hydrogen-bond donors (Lipinski definition) is 1. The summed E-state index contributed by atoms with van der Waals surface area (Å²) in [5, 5.41) is 4.00. The molecule has 2 heterocycles. The summed E-state index contributed by atoms with van der Waals surface area (Å²) in [5.41, 5.74) is 0.350. The zero-order chi connectivity index (χ0) is 17.3. The predicted octanol–water partition coefficient (Wildman–Crippen LogP) is 2.11. The number of benzene rings is 1. The Labute approximate surface area is 140 Å². The lowest BCUT2D eigenvalue weighted by Gasteiger charge is -2.23. The van der Waals surface area contributed by atoms with E-state index in [1.165, 1.54) is 0 Å². The molecule has 24 heavy (non-hydrogen) atoms. The molecule has 0 radical (unpaired) electrons. The molecule has 1 aliphatic heterocycles. The van der Waals surface area contributed by atoms with Gasteiger partial charge in [0.1, 0.15) is 11.4 Å². The van der Waals surface area contributed by atoms with E-state index in [-0.39, 0.29) is 18.3 Å². The van der Waals surface area contributed by atoms with Crippen LogP contribution in [0.25, 0.3) is 10.9 Å². The molecule has 1 saturated heterocycles. The van der Waals surface area contributed by atoms with Crippen LogP contribution in [0.15, 0.2) is 30.5 Å².